The van der Waals surface area contributed by atoms with Crippen LogP contribution in [0.15, 0.2) is 12.1 Å². The topological polar surface area (TPSA) is 69.4 Å². The molecule has 1 aliphatic carbocycles. The van der Waals surface area contributed by atoms with Crippen LogP contribution >= 0.6 is 0 Å². The molecule has 1 aromatic carbocycles. The molecule has 0 spiro atoms. The van der Waals surface area contributed by atoms with Gasteiger partial charge < -0.3 is 4.74 Å². The van der Waals surface area contributed by atoms with Gasteiger partial charge in [-0.2, -0.15) is 0 Å². The zero-order valence-corrected chi connectivity index (χ0v) is 8.86. The number of nitrogens with zero attached hydrogens (tertiary/aromatic N) is 1. The van der Waals surface area contributed by atoms with Crippen molar-refractivity contribution in [2.24, 2.45) is 0 Å². The van der Waals surface area contributed by atoms with Crippen molar-refractivity contribution >= 4 is 11.5 Å². The van der Waals surface area contributed by atoms with E-state index in [4.69, 9.17) is 4.74 Å². The maximum atomic E-state index is 11.7. The average molecular weight is 221 g/mol. The molecule has 0 bridgehead atoms. The van der Waals surface area contributed by atoms with Gasteiger partial charge in [0.2, 0.25) is 0 Å². The molecule has 1 aromatic rings. The smallest absolute Gasteiger partial charge is 0.280 e. The van der Waals surface area contributed by atoms with Crippen molar-refractivity contribution in [2.45, 2.75) is 19.3 Å². The minimum absolute atomic E-state index is 0.111. The Bertz CT molecular complexity index is 467. The molecule has 5 nitrogen and oxygen atoms in total. The summed E-state index contributed by atoms with van der Waals surface area (Å²) in [6, 6.07) is 2.89. The lowest BCUT2D eigenvalue weighted by atomic mass is 9.88. The number of ether oxygens (including phenoxy) is 1. The quantitative estimate of drug-likeness (QED) is 0.566. The SMILES string of the molecule is COc1ccc([N+](=O)[O-])c2c1CCCC2=O. The molecule has 0 amide bonds. The van der Waals surface area contributed by atoms with E-state index < -0.39 is 4.92 Å². The van der Waals surface area contributed by atoms with E-state index in [-0.39, 0.29) is 17.0 Å². The molecule has 0 saturated heterocycles. The first-order valence-corrected chi connectivity index (χ1v) is 5.02. The second-order valence-electron chi connectivity index (χ2n) is 3.67. The van der Waals surface area contributed by atoms with Crippen molar-refractivity contribution in [2.75, 3.05) is 7.11 Å². The van der Waals surface area contributed by atoms with Gasteiger partial charge in [0.15, 0.2) is 5.78 Å². The molecule has 1 aliphatic rings. The van der Waals surface area contributed by atoms with Crippen LogP contribution in [0.4, 0.5) is 5.69 Å². The number of hydrogen-bond donors (Lipinski definition) is 0. The Hall–Kier alpha value is -1.91. The van der Waals surface area contributed by atoms with Crippen LogP contribution in [0.5, 0.6) is 5.75 Å². The molecule has 0 fully saturated rings. The average Bonchev–Trinajstić information content (AvgIpc) is 2.28. The highest BCUT2D eigenvalue weighted by Crippen LogP contribution is 2.35. The summed E-state index contributed by atoms with van der Waals surface area (Å²) in [6.07, 6.45) is 1.76. The van der Waals surface area contributed by atoms with Gasteiger partial charge >= 0.3 is 0 Å². The third-order valence-electron chi connectivity index (χ3n) is 2.77. The number of fused-ring (bicyclic) bond motifs is 1. The van der Waals surface area contributed by atoms with Crippen LogP contribution in [0.2, 0.25) is 0 Å². The number of Topliss-reactive ketones (excluding diaryl/α,β-unsaturated/α-hetero) is 1. The van der Waals surface area contributed by atoms with E-state index in [1.165, 1.54) is 13.2 Å². The predicted molar refractivity (Wildman–Crippen MR) is 56.9 cm³/mol. The Morgan fingerprint density at radius 1 is 1.38 bits per heavy atom. The van der Waals surface area contributed by atoms with E-state index >= 15 is 0 Å². The number of hydrogen-bond acceptors (Lipinski definition) is 4. The van der Waals surface area contributed by atoms with E-state index in [0.29, 0.717) is 24.2 Å². The van der Waals surface area contributed by atoms with E-state index in [1.807, 2.05) is 0 Å². The second-order valence-corrected chi connectivity index (χ2v) is 3.67. The van der Waals surface area contributed by atoms with Crippen molar-refractivity contribution in [3.05, 3.63) is 33.4 Å². The third kappa shape index (κ3) is 1.54. The molecule has 0 heterocycles. The monoisotopic (exact) mass is 221 g/mol. The van der Waals surface area contributed by atoms with Gasteiger partial charge in [-0.3, -0.25) is 14.9 Å². The Labute approximate surface area is 92.2 Å². The number of carbonyl (C=O) groups is 1. The van der Waals surface area contributed by atoms with E-state index in [2.05, 4.69) is 0 Å². The van der Waals surface area contributed by atoms with Crippen molar-refractivity contribution in [3.63, 3.8) is 0 Å². The van der Waals surface area contributed by atoms with Crippen LogP contribution in [-0.2, 0) is 6.42 Å². The Balaban J connectivity index is 2.68. The van der Waals surface area contributed by atoms with Crippen LogP contribution in [0.25, 0.3) is 0 Å². The van der Waals surface area contributed by atoms with Gasteiger partial charge in [-0.15, -0.1) is 0 Å². The van der Waals surface area contributed by atoms with Gasteiger partial charge in [0.25, 0.3) is 5.69 Å². The Kier molecular flexibility index (Phi) is 2.60. The van der Waals surface area contributed by atoms with Crippen LogP contribution in [-0.4, -0.2) is 17.8 Å². The first-order valence-electron chi connectivity index (χ1n) is 5.02. The maximum Gasteiger partial charge on any atom is 0.280 e. The lowest BCUT2D eigenvalue weighted by Crippen LogP contribution is -2.14. The van der Waals surface area contributed by atoms with Gasteiger partial charge in [0.05, 0.1) is 12.0 Å². The van der Waals surface area contributed by atoms with Gasteiger partial charge in [0, 0.05) is 18.1 Å². The number of methoxy groups -OCH3 is 1. The normalized spacial score (nSPS) is 14.4. The molecule has 0 aliphatic heterocycles. The fraction of sp³-hybridized carbons (Fsp3) is 0.364. The second kappa shape index (κ2) is 3.92. The summed E-state index contributed by atoms with van der Waals surface area (Å²) in [5.41, 5.74) is 0.795. The summed E-state index contributed by atoms with van der Waals surface area (Å²) >= 11 is 0. The van der Waals surface area contributed by atoms with E-state index in [9.17, 15) is 14.9 Å². The summed E-state index contributed by atoms with van der Waals surface area (Å²) in [4.78, 5) is 22.0. The predicted octanol–water partition coefficient (Wildman–Crippen LogP) is 2.12. The lowest BCUT2D eigenvalue weighted by Gasteiger charge is -2.17. The van der Waals surface area contributed by atoms with Crippen molar-refractivity contribution in [1.82, 2.24) is 0 Å². The number of nitro groups is 1. The molecule has 0 saturated carbocycles. The number of ketones is 1. The molecule has 16 heavy (non-hydrogen) atoms. The van der Waals surface area contributed by atoms with Crippen molar-refractivity contribution < 1.29 is 14.5 Å². The van der Waals surface area contributed by atoms with Gasteiger partial charge in [-0.1, -0.05) is 0 Å². The largest absolute Gasteiger partial charge is 0.496 e. The summed E-state index contributed by atoms with van der Waals surface area (Å²) in [6.45, 7) is 0. The molecule has 0 aromatic heterocycles. The fourth-order valence-corrected chi connectivity index (χ4v) is 2.07. The van der Waals surface area contributed by atoms with E-state index in [0.717, 1.165) is 6.42 Å². The minimum Gasteiger partial charge on any atom is -0.496 e. The molecular weight excluding hydrogens is 210 g/mol. The lowest BCUT2D eigenvalue weighted by molar-refractivity contribution is -0.385. The van der Waals surface area contributed by atoms with Gasteiger partial charge in [-0.05, 0) is 18.9 Å². The summed E-state index contributed by atoms with van der Waals surface area (Å²) in [5, 5.41) is 10.8. The first kappa shape index (κ1) is 10.6. The standard InChI is InChI=1S/C11H11NO4/c1-16-10-6-5-8(12(14)15)11-7(10)3-2-4-9(11)13/h5-6H,2-4H2,1H3. The maximum absolute atomic E-state index is 11.7. The van der Waals surface area contributed by atoms with Crippen LogP contribution in [0.1, 0.15) is 28.8 Å². The van der Waals surface area contributed by atoms with Crippen molar-refractivity contribution in [1.29, 1.82) is 0 Å². The molecule has 0 unspecified atom stereocenters. The van der Waals surface area contributed by atoms with E-state index in [1.54, 1.807) is 6.07 Å². The molecule has 0 radical (unpaired) electrons. The summed E-state index contributed by atoms with van der Waals surface area (Å²) < 4.78 is 5.12. The minimum atomic E-state index is -0.512. The molecule has 2 rings (SSSR count). The highest BCUT2D eigenvalue weighted by molar-refractivity contribution is 6.02. The fourth-order valence-electron chi connectivity index (χ4n) is 2.07. The molecule has 0 N–H and O–H groups in total. The number of nitro benzene ring substituents is 1. The highest BCUT2D eigenvalue weighted by atomic mass is 16.6. The molecule has 84 valence electrons. The van der Waals surface area contributed by atoms with Crippen LogP contribution < -0.4 is 4.74 Å². The Morgan fingerprint density at radius 3 is 2.75 bits per heavy atom. The molecular formula is C11H11NO4. The first-order chi connectivity index (χ1) is 7.65. The van der Waals surface area contributed by atoms with Crippen LogP contribution in [0, 0.1) is 10.1 Å². The summed E-state index contributed by atoms with van der Waals surface area (Å²) in [5.74, 6) is 0.403. The number of rotatable bonds is 2. The van der Waals surface area contributed by atoms with Crippen molar-refractivity contribution in [3.8, 4) is 5.75 Å². The number of carbonyl (C=O) groups excluding carboxylic acids is 1. The number of benzene rings is 1. The Morgan fingerprint density at radius 2 is 2.12 bits per heavy atom. The molecule has 5 heteroatoms. The highest BCUT2D eigenvalue weighted by Gasteiger charge is 2.29. The van der Waals surface area contributed by atoms with Gasteiger partial charge in [0.1, 0.15) is 11.3 Å². The zero-order chi connectivity index (χ0) is 11.7. The molecule has 0 atom stereocenters. The van der Waals surface area contributed by atoms with Gasteiger partial charge in [-0.25, -0.2) is 0 Å². The summed E-state index contributed by atoms with van der Waals surface area (Å²) in [7, 11) is 1.50. The third-order valence-corrected chi connectivity index (χ3v) is 2.77. The zero-order valence-electron chi connectivity index (χ0n) is 8.86. The van der Waals surface area contributed by atoms with Crippen LogP contribution in [0.3, 0.4) is 0 Å².